The Kier molecular flexibility index (Phi) is 8.86. The number of nitrogens with one attached hydrogen (secondary N) is 4. The molecule has 0 radical (unpaired) electrons. The molecule has 3 amide bonds. The molecule has 11 nitrogen and oxygen atoms in total. The number of amides is 3. The number of aromatic amines is 1. The van der Waals surface area contributed by atoms with Gasteiger partial charge in [-0.2, -0.15) is 0 Å². The van der Waals surface area contributed by atoms with Gasteiger partial charge >= 0.3 is 0 Å². The fourth-order valence-electron chi connectivity index (χ4n) is 5.27. The van der Waals surface area contributed by atoms with Crippen LogP contribution >= 0.6 is 11.3 Å². The van der Waals surface area contributed by atoms with Crippen molar-refractivity contribution in [3.8, 4) is 5.75 Å². The van der Waals surface area contributed by atoms with E-state index in [4.69, 9.17) is 4.74 Å². The maximum atomic E-state index is 13.7. The summed E-state index contributed by atoms with van der Waals surface area (Å²) in [5, 5.41) is 9.05. The Hall–Kier alpha value is -4.58. The van der Waals surface area contributed by atoms with Crippen LogP contribution in [-0.4, -0.2) is 59.2 Å². The summed E-state index contributed by atoms with van der Waals surface area (Å²) in [4.78, 5) is 73.2. The molecule has 0 spiro atoms. The molecule has 2 aromatic carbocycles. The number of ether oxygens (including phenoxy) is 1. The van der Waals surface area contributed by atoms with Crippen LogP contribution in [0.3, 0.4) is 0 Å². The van der Waals surface area contributed by atoms with E-state index < -0.39 is 41.2 Å². The Morgan fingerprint density at radius 2 is 1.86 bits per heavy atom. The minimum Gasteiger partial charge on any atom is -0.496 e. The van der Waals surface area contributed by atoms with Crippen LogP contribution in [0.5, 0.6) is 5.75 Å². The summed E-state index contributed by atoms with van der Waals surface area (Å²) >= 11 is 1.22. The number of carbonyl (C=O) groups excluding carboxylic acids is 4. The first-order valence-electron chi connectivity index (χ1n) is 14.1. The van der Waals surface area contributed by atoms with Crippen LogP contribution in [0.1, 0.15) is 53.3 Å². The number of para-hydroxylation sites is 1. The average molecular weight is 604 g/mol. The normalized spacial score (nSPS) is 16.2. The van der Waals surface area contributed by atoms with Gasteiger partial charge in [-0.05, 0) is 55.5 Å². The van der Waals surface area contributed by atoms with Crippen LogP contribution in [-0.2, 0) is 9.59 Å². The smallest absolute Gasteiger partial charge is 0.261 e. The van der Waals surface area contributed by atoms with Crippen LogP contribution in [0.15, 0.2) is 53.3 Å². The molecule has 0 aliphatic carbocycles. The lowest BCUT2D eigenvalue weighted by Gasteiger charge is -2.24. The molecule has 0 bridgehead atoms. The number of ketones is 1. The fraction of sp³-hybridized carbons (Fsp3) is 0.355. The Morgan fingerprint density at radius 1 is 1.07 bits per heavy atom. The highest BCUT2D eigenvalue weighted by atomic mass is 32.1. The summed E-state index contributed by atoms with van der Waals surface area (Å²) in [6.07, 6.45) is 0.885. The molecule has 2 aromatic heterocycles. The summed E-state index contributed by atoms with van der Waals surface area (Å²) < 4.78 is 6.21. The van der Waals surface area contributed by atoms with Gasteiger partial charge in [0, 0.05) is 17.8 Å². The topological polar surface area (TPSA) is 159 Å². The number of thiazole rings is 1. The summed E-state index contributed by atoms with van der Waals surface area (Å²) in [7, 11) is 1.49. The second-order valence-electron chi connectivity index (χ2n) is 11.0. The highest BCUT2D eigenvalue weighted by molar-refractivity contribution is 7.20. The number of nitrogens with zero attached hydrogens (tertiary/aromatic N) is 1. The van der Waals surface area contributed by atoms with E-state index in [1.54, 1.807) is 24.3 Å². The molecule has 5 rings (SSSR count). The molecule has 4 N–H and O–H groups in total. The molecule has 0 saturated carbocycles. The van der Waals surface area contributed by atoms with Crippen LogP contribution in [0.4, 0.5) is 0 Å². The van der Waals surface area contributed by atoms with Crippen LogP contribution in [0.2, 0.25) is 0 Å². The number of pyridine rings is 1. The number of hydrogen-bond donors (Lipinski definition) is 4. The first-order chi connectivity index (χ1) is 20.6. The molecular weight excluding hydrogens is 570 g/mol. The molecule has 1 aliphatic heterocycles. The number of methoxy groups -OCH3 is 1. The van der Waals surface area contributed by atoms with E-state index >= 15 is 0 Å². The monoisotopic (exact) mass is 603 g/mol. The predicted octanol–water partition coefficient (Wildman–Crippen LogP) is 3.18. The number of H-pyrrole nitrogens is 1. The summed E-state index contributed by atoms with van der Waals surface area (Å²) in [5.74, 6) is -1.88. The highest BCUT2D eigenvalue weighted by Gasteiger charge is 2.35. The predicted molar refractivity (Wildman–Crippen MR) is 163 cm³/mol. The van der Waals surface area contributed by atoms with Gasteiger partial charge in [-0.15, -0.1) is 11.3 Å². The molecule has 1 fully saturated rings. The quantitative estimate of drug-likeness (QED) is 0.192. The van der Waals surface area contributed by atoms with Crippen molar-refractivity contribution in [1.29, 1.82) is 0 Å². The van der Waals surface area contributed by atoms with Crippen molar-refractivity contribution in [3.63, 3.8) is 0 Å². The van der Waals surface area contributed by atoms with Crippen molar-refractivity contribution in [2.45, 2.75) is 45.2 Å². The van der Waals surface area contributed by atoms with Gasteiger partial charge < -0.3 is 25.7 Å². The lowest BCUT2D eigenvalue weighted by molar-refractivity contribution is -0.125. The molecule has 1 aliphatic rings. The average Bonchev–Trinajstić information content (AvgIpc) is 3.60. The first kappa shape index (κ1) is 29.9. The standard InChI is InChI=1S/C31H33N5O6S/c1-16(2)13-23(35-29(40)19-15-18-20(33-28(19)39)8-6-9-24(18)42-3)30(41)34-22(14-17-11-12-32-27(17)38)26(37)31-36-21-7-4-5-10-25(21)43-31/h4-10,15-17,22-23H,11-14H2,1-3H3,(H,32,38)(H,33,39)(H,34,41)(H,35,40)/t17-,22-,23-/m0/s1. The second-order valence-corrected chi connectivity index (χ2v) is 12.0. The second kappa shape index (κ2) is 12.7. The van der Waals surface area contributed by atoms with Crippen LogP contribution in [0.25, 0.3) is 21.1 Å². The van der Waals surface area contributed by atoms with Gasteiger partial charge in [0.1, 0.15) is 17.4 Å². The number of benzene rings is 2. The minimum absolute atomic E-state index is 0.00921. The van der Waals surface area contributed by atoms with Crippen molar-refractivity contribution >= 4 is 56.0 Å². The molecule has 43 heavy (non-hydrogen) atoms. The van der Waals surface area contributed by atoms with E-state index in [-0.39, 0.29) is 35.2 Å². The van der Waals surface area contributed by atoms with Gasteiger partial charge in [0.15, 0.2) is 5.01 Å². The molecule has 0 unspecified atom stereocenters. The molecule has 3 heterocycles. The first-order valence-corrected chi connectivity index (χ1v) is 14.9. The molecule has 1 saturated heterocycles. The maximum Gasteiger partial charge on any atom is 0.261 e. The van der Waals surface area contributed by atoms with Gasteiger partial charge in [0.2, 0.25) is 17.6 Å². The Labute approximate surface area is 251 Å². The third-order valence-corrected chi connectivity index (χ3v) is 8.51. The van der Waals surface area contributed by atoms with Gasteiger partial charge in [-0.3, -0.25) is 24.0 Å². The van der Waals surface area contributed by atoms with Crippen molar-refractivity contribution < 1.29 is 23.9 Å². The number of fused-ring (bicyclic) bond motifs is 2. The Bertz CT molecular complexity index is 1730. The zero-order valence-electron chi connectivity index (χ0n) is 24.1. The number of rotatable bonds is 11. The fourth-order valence-corrected chi connectivity index (χ4v) is 6.23. The SMILES string of the molecule is COc1cccc2[nH]c(=O)c(C(=O)N[C@@H](CC(C)C)C(=O)N[C@@H](C[C@@H]3CCNC3=O)C(=O)c3nc4ccccc4s3)cc12. The lowest BCUT2D eigenvalue weighted by atomic mass is 9.95. The van der Waals surface area contributed by atoms with E-state index in [1.165, 1.54) is 24.5 Å². The van der Waals surface area contributed by atoms with Crippen LogP contribution in [0, 0.1) is 11.8 Å². The third kappa shape index (κ3) is 6.59. The van der Waals surface area contributed by atoms with Crippen molar-refractivity contribution in [2.75, 3.05) is 13.7 Å². The number of Topliss-reactive ketones (excluding diaryl/α,β-unsaturated/α-hetero) is 1. The minimum atomic E-state index is -1.05. The van der Waals surface area contributed by atoms with Crippen molar-refractivity contribution in [3.05, 3.63) is 69.5 Å². The molecule has 3 atom stereocenters. The van der Waals surface area contributed by atoms with E-state index in [0.717, 1.165) is 4.70 Å². The maximum absolute atomic E-state index is 13.7. The largest absolute Gasteiger partial charge is 0.496 e. The highest BCUT2D eigenvalue weighted by Crippen LogP contribution is 2.26. The van der Waals surface area contributed by atoms with Gasteiger partial charge in [-0.1, -0.05) is 32.0 Å². The zero-order valence-corrected chi connectivity index (χ0v) is 24.9. The van der Waals surface area contributed by atoms with Crippen molar-refractivity contribution in [1.82, 2.24) is 25.9 Å². The summed E-state index contributed by atoms with van der Waals surface area (Å²) in [5.41, 5.74) is 0.382. The van der Waals surface area contributed by atoms with Gasteiger partial charge in [-0.25, -0.2) is 4.98 Å². The Balaban J connectivity index is 1.41. The summed E-state index contributed by atoms with van der Waals surface area (Å²) in [6.45, 7) is 4.29. The number of carbonyl (C=O) groups is 4. The summed E-state index contributed by atoms with van der Waals surface area (Å²) in [6, 6.07) is 11.8. The zero-order chi connectivity index (χ0) is 30.7. The van der Waals surface area contributed by atoms with E-state index in [1.807, 2.05) is 32.0 Å². The molecular formula is C31H33N5O6S. The number of aromatic nitrogens is 2. The molecule has 12 heteroatoms. The lowest BCUT2D eigenvalue weighted by Crippen LogP contribution is -2.53. The van der Waals surface area contributed by atoms with Gasteiger partial charge in [0.05, 0.1) is 28.9 Å². The van der Waals surface area contributed by atoms with E-state index in [9.17, 15) is 24.0 Å². The van der Waals surface area contributed by atoms with E-state index in [2.05, 4.69) is 25.9 Å². The number of hydrogen-bond acceptors (Lipinski definition) is 8. The third-order valence-electron chi connectivity index (χ3n) is 7.46. The molecule has 224 valence electrons. The molecule has 4 aromatic rings. The van der Waals surface area contributed by atoms with Crippen LogP contribution < -0.4 is 26.2 Å². The van der Waals surface area contributed by atoms with E-state index in [0.29, 0.717) is 35.1 Å². The van der Waals surface area contributed by atoms with Gasteiger partial charge in [0.25, 0.3) is 11.5 Å². The Morgan fingerprint density at radius 3 is 2.56 bits per heavy atom. The van der Waals surface area contributed by atoms with Crippen molar-refractivity contribution in [2.24, 2.45) is 11.8 Å².